The summed E-state index contributed by atoms with van der Waals surface area (Å²) in [5, 5.41) is 2.19. The Hall–Kier alpha value is 0.01000. The van der Waals surface area contributed by atoms with Crippen LogP contribution in [0.2, 0.25) is 0 Å². The van der Waals surface area contributed by atoms with Crippen LogP contribution in [0.1, 0.15) is 89.4 Å². The fraction of sp³-hybridized carbons (Fsp3) is 0.818. The van der Waals surface area contributed by atoms with Gasteiger partial charge in [0.15, 0.2) is 0 Å². The molecule has 0 saturated carbocycles. The second kappa shape index (κ2) is 17.4. The first-order valence-corrected chi connectivity index (χ1v) is 12.5. The van der Waals surface area contributed by atoms with Gasteiger partial charge in [0.05, 0.1) is 6.10 Å². The molecule has 146 valence electrons. The Morgan fingerprint density at radius 3 is 2.04 bits per heavy atom. The lowest BCUT2D eigenvalue weighted by Gasteiger charge is -2.07. The van der Waals surface area contributed by atoms with Crippen molar-refractivity contribution >= 4 is 23.1 Å². The van der Waals surface area contributed by atoms with E-state index in [-0.39, 0.29) is 0 Å². The van der Waals surface area contributed by atoms with Crippen molar-refractivity contribution in [3.63, 3.8) is 0 Å². The highest BCUT2D eigenvalue weighted by Crippen LogP contribution is 2.15. The van der Waals surface area contributed by atoms with E-state index in [2.05, 4.69) is 43.1 Å². The molecule has 0 aromatic carbocycles. The zero-order valence-corrected chi connectivity index (χ0v) is 18.3. The highest BCUT2D eigenvalue weighted by Gasteiger charge is 1.97. The first-order valence-electron chi connectivity index (χ1n) is 10.5. The Bertz CT molecular complexity index is 362. The van der Waals surface area contributed by atoms with Gasteiger partial charge < -0.3 is 4.74 Å². The van der Waals surface area contributed by atoms with Gasteiger partial charge in [-0.25, -0.2) is 0 Å². The molecular weight excluding hydrogens is 344 g/mol. The maximum Gasteiger partial charge on any atom is 0.0518 e. The lowest BCUT2D eigenvalue weighted by Crippen LogP contribution is -2.04. The Morgan fingerprint density at radius 1 is 0.840 bits per heavy atom. The molecular formula is C22H40OS2. The van der Waals surface area contributed by atoms with Crippen molar-refractivity contribution in [1.29, 1.82) is 0 Å². The van der Waals surface area contributed by atoms with Crippen LogP contribution in [0.25, 0.3) is 0 Å². The van der Waals surface area contributed by atoms with Crippen molar-refractivity contribution in [2.24, 2.45) is 0 Å². The van der Waals surface area contributed by atoms with Gasteiger partial charge in [0.1, 0.15) is 0 Å². The van der Waals surface area contributed by atoms with E-state index in [0.717, 1.165) is 6.61 Å². The van der Waals surface area contributed by atoms with Gasteiger partial charge in [-0.15, -0.1) is 11.3 Å². The van der Waals surface area contributed by atoms with E-state index >= 15 is 0 Å². The fourth-order valence-electron chi connectivity index (χ4n) is 2.95. The number of rotatable bonds is 18. The number of unbranched alkanes of at least 4 members (excludes halogenated alkanes) is 9. The van der Waals surface area contributed by atoms with Crippen LogP contribution in [-0.4, -0.2) is 24.2 Å². The zero-order valence-electron chi connectivity index (χ0n) is 16.6. The summed E-state index contributed by atoms with van der Waals surface area (Å²) in [6.07, 6.45) is 17.2. The molecule has 1 heterocycles. The van der Waals surface area contributed by atoms with Crippen LogP contribution in [0.15, 0.2) is 17.5 Å². The average molecular weight is 385 g/mol. The Labute approximate surface area is 165 Å². The number of thiophene rings is 1. The fourth-order valence-corrected chi connectivity index (χ4v) is 4.64. The molecule has 0 unspecified atom stereocenters. The molecule has 1 aromatic rings. The van der Waals surface area contributed by atoms with Gasteiger partial charge >= 0.3 is 0 Å². The Balaban J connectivity index is 1.67. The smallest absolute Gasteiger partial charge is 0.0518 e. The number of aryl methyl sites for hydroxylation is 1. The SMILES string of the molecule is CC(C)OCCCSCCCCCCCCCCCCc1cccs1. The van der Waals surface area contributed by atoms with Crippen molar-refractivity contribution in [2.75, 3.05) is 18.1 Å². The van der Waals surface area contributed by atoms with E-state index in [4.69, 9.17) is 4.74 Å². The summed E-state index contributed by atoms with van der Waals surface area (Å²) in [5.41, 5.74) is 0. The molecule has 25 heavy (non-hydrogen) atoms. The van der Waals surface area contributed by atoms with Crippen molar-refractivity contribution in [2.45, 2.75) is 97.0 Å². The monoisotopic (exact) mass is 384 g/mol. The molecule has 0 aliphatic heterocycles. The van der Waals surface area contributed by atoms with E-state index in [9.17, 15) is 0 Å². The van der Waals surface area contributed by atoms with Gasteiger partial charge in [0.2, 0.25) is 0 Å². The van der Waals surface area contributed by atoms with E-state index in [1.54, 1.807) is 4.88 Å². The van der Waals surface area contributed by atoms with E-state index in [1.807, 2.05) is 11.3 Å². The number of hydrogen-bond donors (Lipinski definition) is 0. The molecule has 0 saturated heterocycles. The lowest BCUT2D eigenvalue weighted by atomic mass is 10.1. The normalized spacial score (nSPS) is 11.5. The molecule has 1 nitrogen and oxygen atoms in total. The van der Waals surface area contributed by atoms with Gasteiger partial charge in [-0.05, 0) is 62.5 Å². The molecule has 0 N–H and O–H groups in total. The van der Waals surface area contributed by atoms with Crippen LogP contribution in [0, 0.1) is 0 Å². The van der Waals surface area contributed by atoms with Gasteiger partial charge in [-0.3, -0.25) is 0 Å². The molecule has 0 spiro atoms. The summed E-state index contributed by atoms with van der Waals surface area (Å²) in [6.45, 7) is 5.15. The van der Waals surface area contributed by atoms with Crippen molar-refractivity contribution in [3.8, 4) is 0 Å². The summed E-state index contributed by atoms with van der Waals surface area (Å²) in [5.74, 6) is 2.60. The second-order valence-electron chi connectivity index (χ2n) is 7.25. The highest BCUT2D eigenvalue weighted by atomic mass is 32.2. The third-order valence-electron chi connectivity index (χ3n) is 4.43. The summed E-state index contributed by atoms with van der Waals surface area (Å²) in [6, 6.07) is 4.44. The minimum absolute atomic E-state index is 0.385. The van der Waals surface area contributed by atoms with Crippen LogP contribution in [0.3, 0.4) is 0 Å². The standard InChI is InChI=1S/C22H40OS2/c1-21(2)23-17-14-19-24-18-12-10-8-6-4-3-5-7-9-11-15-22-16-13-20-25-22/h13,16,20-21H,3-12,14-15,17-19H2,1-2H3. The van der Waals surface area contributed by atoms with Gasteiger partial charge in [-0.2, -0.15) is 11.8 Å². The van der Waals surface area contributed by atoms with Crippen molar-refractivity contribution in [3.05, 3.63) is 22.4 Å². The summed E-state index contributed by atoms with van der Waals surface area (Å²) >= 11 is 4.01. The highest BCUT2D eigenvalue weighted by molar-refractivity contribution is 7.99. The van der Waals surface area contributed by atoms with Crippen LogP contribution in [-0.2, 0) is 11.2 Å². The largest absolute Gasteiger partial charge is 0.379 e. The molecule has 1 aromatic heterocycles. The summed E-state index contributed by atoms with van der Waals surface area (Å²) < 4.78 is 5.56. The number of hydrogen-bond acceptors (Lipinski definition) is 3. The van der Waals surface area contributed by atoms with Gasteiger partial charge in [0.25, 0.3) is 0 Å². The first kappa shape index (κ1) is 23.0. The zero-order chi connectivity index (χ0) is 18.0. The molecule has 0 bridgehead atoms. The van der Waals surface area contributed by atoms with E-state index in [0.29, 0.717) is 6.10 Å². The molecule has 0 aliphatic carbocycles. The first-order chi connectivity index (χ1) is 12.3. The van der Waals surface area contributed by atoms with E-state index < -0.39 is 0 Å². The van der Waals surface area contributed by atoms with Gasteiger partial charge in [-0.1, -0.05) is 57.4 Å². The second-order valence-corrected chi connectivity index (χ2v) is 9.51. The van der Waals surface area contributed by atoms with Crippen LogP contribution < -0.4 is 0 Å². The quantitative estimate of drug-likeness (QED) is 0.239. The maximum atomic E-state index is 5.56. The van der Waals surface area contributed by atoms with Crippen LogP contribution >= 0.6 is 23.1 Å². The maximum absolute atomic E-state index is 5.56. The van der Waals surface area contributed by atoms with E-state index in [1.165, 1.54) is 88.6 Å². The minimum atomic E-state index is 0.385. The van der Waals surface area contributed by atoms with Crippen LogP contribution in [0.5, 0.6) is 0 Å². The Morgan fingerprint density at radius 2 is 1.44 bits per heavy atom. The third-order valence-corrected chi connectivity index (χ3v) is 6.52. The Kier molecular flexibility index (Phi) is 16.1. The molecule has 0 amide bonds. The van der Waals surface area contributed by atoms with Crippen molar-refractivity contribution in [1.82, 2.24) is 0 Å². The minimum Gasteiger partial charge on any atom is -0.379 e. The van der Waals surface area contributed by atoms with Crippen molar-refractivity contribution < 1.29 is 4.74 Å². The molecule has 0 aliphatic rings. The summed E-state index contributed by atoms with van der Waals surface area (Å²) in [7, 11) is 0. The predicted molar refractivity (Wildman–Crippen MR) is 117 cm³/mol. The molecule has 3 heteroatoms. The molecule has 0 radical (unpaired) electrons. The third kappa shape index (κ3) is 15.9. The lowest BCUT2D eigenvalue weighted by molar-refractivity contribution is 0.0800. The number of ether oxygens (including phenoxy) is 1. The van der Waals surface area contributed by atoms with Crippen LogP contribution in [0.4, 0.5) is 0 Å². The average Bonchev–Trinajstić information content (AvgIpc) is 3.11. The molecule has 0 fully saturated rings. The predicted octanol–water partition coefficient (Wildman–Crippen LogP) is 7.74. The van der Waals surface area contributed by atoms with Gasteiger partial charge in [0, 0.05) is 11.5 Å². The number of thioether (sulfide) groups is 1. The topological polar surface area (TPSA) is 9.23 Å². The molecule has 1 rings (SSSR count). The summed E-state index contributed by atoms with van der Waals surface area (Å²) in [4.78, 5) is 1.56. The molecule has 0 atom stereocenters.